The third kappa shape index (κ3) is 4.50. The standard InChI is InChI=1S/C22H33BrN4O/c1-5-8-20(26-12-11-25(4)14-16(6-2)15-26)21-24-19-10-9-17(23)13-18(19)22(28)27(21)7-3/h9-10,13,16,20H,5-8,11-12,14-15H2,1-4H3/t16?,20-/m0/s1. The van der Waals surface area contributed by atoms with Gasteiger partial charge in [-0.1, -0.05) is 42.6 Å². The molecular formula is C22H33BrN4O. The molecule has 2 heterocycles. The Balaban J connectivity index is 2.09. The lowest BCUT2D eigenvalue weighted by atomic mass is 10.0. The van der Waals surface area contributed by atoms with E-state index in [2.05, 4.69) is 46.6 Å². The SMILES string of the molecule is CCC[C@@H](c1nc2ccc(Br)cc2c(=O)n1CC)N1CCN(C)CC(CC)C1. The highest BCUT2D eigenvalue weighted by Gasteiger charge is 2.29. The number of halogens is 1. The van der Waals surface area contributed by atoms with E-state index in [1.165, 1.54) is 6.42 Å². The van der Waals surface area contributed by atoms with Crippen LogP contribution in [0.4, 0.5) is 0 Å². The van der Waals surface area contributed by atoms with Crippen LogP contribution in [0.15, 0.2) is 27.5 Å². The molecule has 0 saturated carbocycles. The van der Waals surface area contributed by atoms with Crippen LogP contribution in [-0.2, 0) is 6.54 Å². The second kappa shape index (κ2) is 9.51. The van der Waals surface area contributed by atoms with Crippen LogP contribution < -0.4 is 5.56 Å². The summed E-state index contributed by atoms with van der Waals surface area (Å²) >= 11 is 3.49. The number of likely N-dealkylation sites (N-methyl/N-ethyl adjacent to an activating group) is 1. The van der Waals surface area contributed by atoms with E-state index in [4.69, 9.17) is 4.98 Å². The highest BCUT2D eigenvalue weighted by molar-refractivity contribution is 9.10. The molecular weight excluding hydrogens is 416 g/mol. The van der Waals surface area contributed by atoms with Gasteiger partial charge in [0, 0.05) is 37.2 Å². The smallest absolute Gasteiger partial charge is 0.261 e. The van der Waals surface area contributed by atoms with Gasteiger partial charge >= 0.3 is 0 Å². The fraction of sp³-hybridized carbons (Fsp3) is 0.636. The van der Waals surface area contributed by atoms with Gasteiger partial charge in [0.2, 0.25) is 0 Å². The molecule has 2 atom stereocenters. The second-order valence-corrected chi connectivity index (χ2v) is 8.93. The number of hydrogen-bond acceptors (Lipinski definition) is 4. The Bertz CT molecular complexity index is 865. The van der Waals surface area contributed by atoms with E-state index in [1.807, 2.05) is 29.7 Å². The molecule has 0 amide bonds. The van der Waals surface area contributed by atoms with Gasteiger partial charge in [0.05, 0.1) is 16.9 Å². The minimum absolute atomic E-state index is 0.0730. The molecule has 5 nitrogen and oxygen atoms in total. The molecule has 1 aliphatic heterocycles. The zero-order valence-corrected chi connectivity index (χ0v) is 19.2. The summed E-state index contributed by atoms with van der Waals surface area (Å²) < 4.78 is 2.81. The van der Waals surface area contributed by atoms with Crippen LogP contribution in [0.1, 0.15) is 51.9 Å². The molecule has 1 aromatic heterocycles. The monoisotopic (exact) mass is 448 g/mol. The summed E-state index contributed by atoms with van der Waals surface area (Å²) in [6, 6.07) is 6.01. The van der Waals surface area contributed by atoms with Crippen molar-refractivity contribution in [3.8, 4) is 0 Å². The Kier molecular flexibility index (Phi) is 7.29. The molecule has 0 radical (unpaired) electrons. The zero-order valence-electron chi connectivity index (χ0n) is 17.6. The number of benzene rings is 1. The van der Waals surface area contributed by atoms with Crippen molar-refractivity contribution in [1.29, 1.82) is 0 Å². The van der Waals surface area contributed by atoms with Crippen LogP contribution in [0, 0.1) is 5.92 Å². The van der Waals surface area contributed by atoms with Crippen molar-refractivity contribution in [2.75, 3.05) is 33.2 Å². The van der Waals surface area contributed by atoms with E-state index in [1.54, 1.807) is 0 Å². The molecule has 6 heteroatoms. The molecule has 0 aliphatic carbocycles. The summed E-state index contributed by atoms with van der Waals surface area (Å²) in [6.45, 7) is 11.5. The van der Waals surface area contributed by atoms with Crippen LogP contribution >= 0.6 is 15.9 Å². The van der Waals surface area contributed by atoms with Crippen LogP contribution in [0.5, 0.6) is 0 Å². The fourth-order valence-electron chi connectivity index (χ4n) is 4.37. The number of hydrogen-bond donors (Lipinski definition) is 0. The molecule has 1 saturated heterocycles. The fourth-order valence-corrected chi connectivity index (χ4v) is 4.73. The molecule has 1 fully saturated rings. The zero-order chi connectivity index (χ0) is 20.3. The lowest BCUT2D eigenvalue weighted by molar-refractivity contribution is 0.163. The van der Waals surface area contributed by atoms with Gasteiger partial charge < -0.3 is 4.90 Å². The third-order valence-corrected chi connectivity index (χ3v) is 6.46. The van der Waals surface area contributed by atoms with Crippen LogP contribution in [-0.4, -0.2) is 52.6 Å². The predicted molar refractivity (Wildman–Crippen MR) is 120 cm³/mol. The highest BCUT2D eigenvalue weighted by atomic mass is 79.9. The van der Waals surface area contributed by atoms with Gasteiger partial charge in [-0.15, -0.1) is 0 Å². The van der Waals surface area contributed by atoms with Crippen molar-refractivity contribution in [1.82, 2.24) is 19.4 Å². The maximum Gasteiger partial charge on any atom is 0.261 e. The van der Waals surface area contributed by atoms with Gasteiger partial charge in [-0.25, -0.2) is 4.98 Å². The largest absolute Gasteiger partial charge is 0.305 e. The molecule has 0 bridgehead atoms. The van der Waals surface area contributed by atoms with Crippen LogP contribution in [0.3, 0.4) is 0 Å². The molecule has 2 aromatic rings. The van der Waals surface area contributed by atoms with Crippen molar-refractivity contribution in [3.05, 3.63) is 38.9 Å². The van der Waals surface area contributed by atoms with Gasteiger partial charge in [0.1, 0.15) is 5.82 Å². The van der Waals surface area contributed by atoms with E-state index in [0.717, 1.165) is 54.8 Å². The summed E-state index contributed by atoms with van der Waals surface area (Å²) in [6.07, 6.45) is 3.28. The molecule has 28 heavy (non-hydrogen) atoms. The van der Waals surface area contributed by atoms with E-state index in [-0.39, 0.29) is 11.6 Å². The lowest BCUT2D eigenvalue weighted by Crippen LogP contribution is -2.38. The number of aromatic nitrogens is 2. The Morgan fingerprint density at radius 3 is 2.68 bits per heavy atom. The highest BCUT2D eigenvalue weighted by Crippen LogP contribution is 2.28. The van der Waals surface area contributed by atoms with Crippen LogP contribution in [0.2, 0.25) is 0 Å². The van der Waals surface area contributed by atoms with Crippen molar-refractivity contribution in [2.24, 2.45) is 5.92 Å². The third-order valence-electron chi connectivity index (χ3n) is 5.97. The summed E-state index contributed by atoms with van der Waals surface area (Å²) in [7, 11) is 2.22. The van der Waals surface area contributed by atoms with Crippen molar-refractivity contribution in [3.63, 3.8) is 0 Å². The molecule has 0 spiro atoms. The summed E-state index contributed by atoms with van der Waals surface area (Å²) in [5.41, 5.74) is 0.872. The van der Waals surface area contributed by atoms with Gasteiger partial charge in [-0.05, 0) is 44.5 Å². The number of rotatable bonds is 6. The predicted octanol–water partition coefficient (Wildman–Crippen LogP) is 4.29. The number of fused-ring (bicyclic) bond motifs is 1. The summed E-state index contributed by atoms with van der Waals surface area (Å²) in [4.78, 5) is 23.3. The first-order valence-electron chi connectivity index (χ1n) is 10.6. The minimum Gasteiger partial charge on any atom is -0.305 e. The first kappa shape index (κ1) is 21.5. The normalized spacial score (nSPS) is 20.4. The molecule has 1 aromatic carbocycles. The average molecular weight is 449 g/mol. The molecule has 1 unspecified atom stereocenters. The maximum atomic E-state index is 13.2. The van der Waals surface area contributed by atoms with Crippen LogP contribution in [0.25, 0.3) is 10.9 Å². The molecule has 154 valence electrons. The molecule has 0 N–H and O–H groups in total. The number of nitrogens with zero attached hydrogens (tertiary/aromatic N) is 4. The lowest BCUT2D eigenvalue weighted by Gasteiger charge is -2.33. The topological polar surface area (TPSA) is 41.4 Å². The van der Waals surface area contributed by atoms with Crippen molar-refractivity contribution < 1.29 is 0 Å². The average Bonchev–Trinajstić information content (AvgIpc) is 2.88. The summed E-state index contributed by atoms with van der Waals surface area (Å²) in [5.74, 6) is 1.59. The minimum atomic E-state index is 0.0730. The Hall–Kier alpha value is -1.24. The molecule has 3 rings (SSSR count). The maximum absolute atomic E-state index is 13.2. The van der Waals surface area contributed by atoms with Gasteiger partial charge in [0.25, 0.3) is 5.56 Å². The first-order chi connectivity index (χ1) is 13.5. The van der Waals surface area contributed by atoms with Crippen molar-refractivity contribution in [2.45, 2.75) is 52.6 Å². The van der Waals surface area contributed by atoms with E-state index < -0.39 is 0 Å². The van der Waals surface area contributed by atoms with Crippen molar-refractivity contribution >= 4 is 26.8 Å². The van der Waals surface area contributed by atoms with Gasteiger partial charge in [-0.2, -0.15) is 0 Å². The molecule has 1 aliphatic rings. The van der Waals surface area contributed by atoms with Gasteiger partial charge in [0.15, 0.2) is 0 Å². The van der Waals surface area contributed by atoms with Gasteiger partial charge in [-0.3, -0.25) is 14.3 Å². The first-order valence-corrected chi connectivity index (χ1v) is 11.4. The Morgan fingerprint density at radius 1 is 1.21 bits per heavy atom. The van der Waals surface area contributed by atoms with E-state index in [0.29, 0.717) is 17.8 Å². The van der Waals surface area contributed by atoms with E-state index in [9.17, 15) is 4.79 Å². The quantitative estimate of drug-likeness (QED) is 0.660. The summed E-state index contributed by atoms with van der Waals surface area (Å²) in [5, 5.41) is 0.692. The Morgan fingerprint density at radius 2 is 2.00 bits per heavy atom. The van der Waals surface area contributed by atoms with E-state index >= 15 is 0 Å². The Labute approximate surface area is 176 Å². The second-order valence-electron chi connectivity index (χ2n) is 8.02.